The van der Waals surface area contributed by atoms with Gasteiger partial charge in [-0.25, -0.2) is 4.98 Å². The summed E-state index contributed by atoms with van der Waals surface area (Å²) in [5.74, 6) is 0.121. The van der Waals surface area contributed by atoms with E-state index in [0.29, 0.717) is 22.8 Å². The molecule has 2 aliphatic heterocycles. The van der Waals surface area contributed by atoms with Crippen LogP contribution >= 0.6 is 0 Å². The number of hydrogen-bond donors (Lipinski definition) is 1. The fourth-order valence-electron chi connectivity index (χ4n) is 3.66. The predicted octanol–water partition coefficient (Wildman–Crippen LogP) is 2.12. The Bertz CT molecular complexity index is 905. The summed E-state index contributed by atoms with van der Waals surface area (Å²) in [6.45, 7) is 8.39. The number of para-hydroxylation sites is 1. The Balaban J connectivity index is 1.61. The quantitative estimate of drug-likeness (QED) is 0.827. The van der Waals surface area contributed by atoms with Gasteiger partial charge in [0.2, 0.25) is 5.91 Å². The van der Waals surface area contributed by atoms with Gasteiger partial charge in [0, 0.05) is 38.9 Å². The fraction of sp³-hybridized carbons (Fsp3) is 0.286. The van der Waals surface area contributed by atoms with E-state index in [9.17, 15) is 9.59 Å². The third kappa shape index (κ3) is 3.54. The number of pyridine rings is 1. The normalized spacial score (nSPS) is 17.3. The lowest BCUT2D eigenvalue weighted by molar-refractivity contribution is -0.119. The molecule has 0 saturated carbocycles. The standard InChI is InChI=1S/C21H23N5O2/c1-2-10-24-11-13-25(14-12-24)15-19(27)26-18-8-4-3-6-16(18)21(28)23-17-7-5-9-22-20(17)26/h2-9H,1,10-15H2,(H,23,28). The van der Waals surface area contributed by atoms with Gasteiger partial charge in [-0.1, -0.05) is 18.2 Å². The van der Waals surface area contributed by atoms with E-state index >= 15 is 0 Å². The van der Waals surface area contributed by atoms with E-state index in [0.717, 1.165) is 32.7 Å². The van der Waals surface area contributed by atoms with Crippen molar-refractivity contribution in [2.45, 2.75) is 0 Å². The zero-order chi connectivity index (χ0) is 19.5. The van der Waals surface area contributed by atoms with E-state index in [2.05, 4.69) is 26.7 Å². The van der Waals surface area contributed by atoms with Gasteiger partial charge in [-0.05, 0) is 24.3 Å². The highest BCUT2D eigenvalue weighted by Crippen LogP contribution is 2.36. The minimum absolute atomic E-state index is 0.0962. The molecule has 3 heterocycles. The molecule has 0 spiro atoms. The molecule has 0 aliphatic carbocycles. The van der Waals surface area contributed by atoms with E-state index < -0.39 is 0 Å². The van der Waals surface area contributed by atoms with Gasteiger partial charge in [0.05, 0.1) is 23.5 Å². The summed E-state index contributed by atoms with van der Waals surface area (Å²) in [5.41, 5.74) is 1.56. The van der Waals surface area contributed by atoms with Crippen LogP contribution in [-0.4, -0.2) is 65.9 Å². The van der Waals surface area contributed by atoms with Gasteiger partial charge in [0.1, 0.15) is 0 Å². The Kier molecular flexibility index (Phi) is 5.18. The van der Waals surface area contributed by atoms with Crippen LogP contribution in [0.15, 0.2) is 55.3 Å². The molecule has 2 amide bonds. The first-order valence-electron chi connectivity index (χ1n) is 9.41. The molecule has 1 aromatic heterocycles. The van der Waals surface area contributed by atoms with Gasteiger partial charge < -0.3 is 5.32 Å². The molecule has 7 heteroatoms. The molecule has 0 bridgehead atoms. The van der Waals surface area contributed by atoms with Crippen LogP contribution in [0.3, 0.4) is 0 Å². The molecular weight excluding hydrogens is 354 g/mol. The minimum atomic E-state index is -0.238. The van der Waals surface area contributed by atoms with Crippen molar-refractivity contribution in [2.24, 2.45) is 0 Å². The maximum absolute atomic E-state index is 13.3. The Labute approximate surface area is 164 Å². The monoisotopic (exact) mass is 377 g/mol. The van der Waals surface area contributed by atoms with Crippen molar-refractivity contribution in [2.75, 3.05) is 49.5 Å². The molecule has 0 radical (unpaired) electrons. The number of rotatable bonds is 4. The zero-order valence-corrected chi connectivity index (χ0v) is 15.7. The first-order valence-corrected chi connectivity index (χ1v) is 9.41. The van der Waals surface area contributed by atoms with E-state index in [1.165, 1.54) is 0 Å². The van der Waals surface area contributed by atoms with Crippen molar-refractivity contribution in [3.8, 4) is 0 Å². The number of aromatic nitrogens is 1. The van der Waals surface area contributed by atoms with Crippen molar-refractivity contribution >= 4 is 29.0 Å². The summed E-state index contributed by atoms with van der Waals surface area (Å²) < 4.78 is 0. The van der Waals surface area contributed by atoms with Crippen LogP contribution in [-0.2, 0) is 4.79 Å². The number of nitrogens with zero attached hydrogens (tertiary/aromatic N) is 4. The van der Waals surface area contributed by atoms with Gasteiger partial charge in [-0.15, -0.1) is 6.58 Å². The molecular formula is C21H23N5O2. The van der Waals surface area contributed by atoms with Gasteiger partial charge in [-0.2, -0.15) is 0 Å². The van der Waals surface area contributed by atoms with Crippen molar-refractivity contribution in [3.05, 3.63) is 60.8 Å². The van der Waals surface area contributed by atoms with Crippen LogP contribution < -0.4 is 10.2 Å². The fourth-order valence-corrected chi connectivity index (χ4v) is 3.66. The van der Waals surface area contributed by atoms with E-state index in [1.54, 1.807) is 41.4 Å². The van der Waals surface area contributed by atoms with Crippen LogP contribution in [0.1, 0.15) is 10.4 Å². The van der Waals surface area contributed by atoms with Gasteiger partial charge >= 0.3 is 0 Å². The number of fused-ring (bicyclic) bond motifs is 2. The van der Waals surface area contributed by atoms with Gasteiger partial charge in [0.25, 0.3) is 5.91 Å². The highest BCUT2D eigenvalue weighted by Gasteiger charge is 2.31. The first-order chi connectivity index (χ1) is 13.7. The number of amides is 2. The first kappa shape index (κ1) is 18.3. The number of hydrogen-bond acceptors (Lipinski definition) is 5. The summed E-state index contributed by atoms with van der Waals surface area (Å²) in [6, 6.07) is 10.7. The van der Waals surface area contributed by atoms with Crippen LogP contribution in [0.25, 0.3) is 0 Å². The molecule has 28 heavy (non-hydrogen) atoms. The molecule has 0 unspecified atom stereocenters. The zero-order valence-electron chi connectivity index (χ0n) is 15.7. The summed E-state index contributed by atoms with van der Waals surface area (Å²) in [4.78, 5) is 36.4. The summed E-state index contributed by atoms with van der Waals surface area (Å²) in [6.07, 6.45) is 3.54. The average Bonchev–Trinajstić information content (AvgIpc) is 2.83. The molecule has 1 aromatic carbocycles. The minimum Gasteiger partial charge on any atom is -0.319 e. The third-order valence-electron chi connectivity index (χ3n) is 5.10. The lowest BCUT2D eigenvalue weighted by atomic mass is 10.1. The van der Waals surface area contributed by atoms with Crippen LogP contribution in [0.2, 0.25) is 0 Å². The second-order valence-corrected chi connectivity index (χ2v) is 6.94. The number of benzene rings is 1. The lowest BCUT2D eigenvalue weighted by Crippen LogP contribution is -2.49. The summed E-state index contributed by atoms with van der Waals surface area (Å²) in [5, 5.41) is 2.86. The maximum atomic E-state index is 13.3. The number of piperazine rings is 1. The second-order valence-electron chi connectivity index (χ2n) is 6.94. The Morgan fingerprint density at radius 2 is 1.86 bits per heavy atom. The van der Waals surface area contributed by atoms with Crippen LogP contribution in [0, 0.1) is 0 Å². The lowest BCUT2D eigenvalue weighted by Gasteiger charge is -2.34. The van der Waals surface area contributed by atoms with Gasteiger partial charge in [0.15, 0.2) is 5.82 Å². The number of carbonyl (C=O) groups is 2. The average molecular weight is 377 g/mol. The topological polar surface area (TPSA) is 68.8 Å². The highest BCUT2D eigenvalue weighted by molar-refractivity contribution is 6.17. The highest BCUT2D eigenvalue weighted by atomic mass is 16.2. The molecule has 2 aromatic rings. The predicted molar refractivity (Wildman–Crippen MR) is 109 cm³/mol. The smallest absolute Gasteiger partial charge is 0.257 e. The molecule has 4 rings (SSSR count). The summed E-state index contributed by atoms with van der Waals surface area (Å²) in [7, 11) is 0. The van der Waals surface area contributed by atoms with Crippen LogP contribution in [0.5, 0.6) is 0 Å². The van der Waals surface area contributed by atoms with Gasteiger partial charge in [-0.3, -0.25) is 24.3 Å². The molecule has 2 aliphatic rings. The largest absolute Gasteiger partial charge is 0.319 e. The molecule has 1 fully saturated rings. The number of nitrogens with one attached hydrogen (secondary N) is 1. The van der Waals surface area contributed by atoms with Crippen molar-refractivity contribution in [1.82, 2.24) is 14.8 Å². The van der Waals surface area contributed by atoms with Crippen molar-refractivity contribution in [1.29, 1.82) is 0 Å². The molecule has 144 valence electrons. The van der Waals surface area contributed by atoms with E-state index in [1.807, 2.05) is 12.1 Å². The Hall–Kier alpha value is -3.03. The Morgan fingerprint density at radius 1 is 1.11 bits per heavy atom. The molecule has 1 N–H and O–H groups in total. The third-order valence-corrected chi connectivity index (χ3v) is 5.10. The number of carbonyl (C=O) groups excluding carboxylic acids is 2. The molecule has 0 atom stereocenters. The van der Waals surface area contributed by atoms with E-state index in [-0.39, 0.29) is 18.4 Å². The summed E-state index contributed by atoms with van der Waals surface area (Å²) >= 11 is 0. The maximum Gasteiger partial charge on any atom is 0.257 e. The van der Waals surface area contributed by atoms with E-state index in [4.69, 9.17) is 0 Å². The van der Waals surface area contributed by atoms with Crippen molar-refractivity contribution < 1.29 is 9.59 Å². The van der Waals surface area contributed by atoms with Crippen molar-refractivity contribution in [3.63, 3.8) is 0 Å². The Morgan fingerprint density at radius 3 is 2.64 bits per heavy atom. The second kappa shape index (κ2) is 7.92. The van der Waals surface area contributed by atoms with Crippen LogP contribution in [0.4, 0.5) is 17.2 Å². The molecule has 7 nitrogen and oxygen atoms in total. The molecule has 1 saturated heterocycles. The SMILES string of the molecule is C=CCN1CCN(CC(=O)N2c3ccccc3C(=O)Nc3cccnc32)CC1. The number of anilines is 3.